The van der Waals surface area contributed by atoms with Crippen molar-refractivity contribution < 1.29 is 4.79 Å². The molecule has 0 saturated carbocycles. The Morgan fingerprint density at radius 2 is 1.77 bits per heavy atom. The molecule has 0 radical (unpaired) electrons. The second-order valence-electron chi connectivity index (χ2n) is 7.23. The van der Waals surface area contributed by atoms with Crippen LogP contribution in [0.1, 0.15) is 55.0 Å². The standard InChI is InChI=1S/C23H30N2O/c1-4-17-11-8-12-18(5-2)23(17)24-22(26)16-25(3)21-15-9-13-19-10-6-7-14-20(19)21/h6-8,10-12,14,21H,4-5,9,13,15-16H2,1-3H3,(H,24,26). The van der Waals surface area contributed by atoms with E-state index in [1.54, 1.807) is 0 Å². The van der Waals surface area contributed by atoms with E-state index in [0.717, 1.165) is 31.4 Å². The van der Waals surface area contributed by atoms with E-state index in [2.05, 4.69) is 73.6 Å². The van der Waals surface area contributed by atoms with Gasteiger partial charge in [-0.2, -0.15) is 0 Å². The molecule has 0 aromatic heterocycles. The normalized spacial score (nSPS) is 16.4. The maximum Gasteiger partial charge on any atom is 0.238 e. The summed E-state index contributed by atoms with van der Waals surface area (Å²) in [5.74, 6) is 0.0751. The summed E-state index contributed by atoms with van der Waals surface area (Å²) in [5, 5.41) is 3.19. The van der Waals surface area contributed by atoms with Gasteiger partial charge in [-0.15, -0.1) is 0 Å². The van der Waals surface area contributed by atoms with Gasteiger partial charge in [0.05, 0.1) is 6.54 Å². The fourth-order valence-corrected chi connectivity index (χ4v) is 4.10. The number of anilines is 1. The molecule has 2 aromatic rings. The van der Waals surface area contributed by atoms with Crippen molar-refractivity contribution in [3.63, 3.8) is 0 Å². The minimum Gasteiger partial charge on any atom is -0.324 e. The number of fused-ring (bicyclic) bond motifs is 1. The Kier molecular flexibility index (Phi) is 6.10. The summed E-state index contributed by atoms with van der Waals surface area (Å²) >= 11 is 0. The molecule has 0 spiro atoms. The van der Waals surface area contributed by atoms with Crippen molar-refractivity contribution in [1.29, 1.82) is 0 Å². The minimum absolute atomic E-state index is 0.0751. The van der Waals surface area contributed by atoms with E-state index in [1.165, 1.54) is 28.7 Å². The number of hydrogen-bond acceptors (Lipinski definition) is 2. The first-order chi connectivity index (χ1) is 12.6. The van der Waals surface area contributed by atoms with Gasteiger partial charge in [-0.3, -0.25) is 9.69 Å². The maximum atomic E-state index is 12.8. The lowest BCUT2D eigenvalue weighted by molar-refractivity contribution is -0.117. The Labute approximate surface area is 157 Å². The van der Waals surface area contributed by atoms with E-state index in [1.807, 2.05) is 0 Å². The summed E-state index contributed by atoms with van der Waals surface area (Å²) in [6, 6.07) is 15.3. The van der Waals surface area contributed by atoms with Gasteiger partial charge in [0.15, 0.2) is 0 Å². The predicted octanol–water partition coefficient (Wildman–Crippen LogP) is 4.76. The molecule has 1 unspecified atom stereocenters. The number of carbonyl (C=O) groups excluding carboxylic acids is 1. The molecule has 1 aliphatic rings. The Balaban J connectivity index is 1.72. The van der Waals surface area contributed by atoms with Crippen LogP contribution in [-0.2, 0) is 24.1 Å². The molecule has 1 amide bonds. The van der Waals surface area contributed by atoms with Crippen LogP contribution in [0.3, 0.4) is 0 Å². The molecule has 2 aromatic carbocycles. The van der Waals surface area contributed by atoms with Crippen LogP contribution in [-0.4, -0.2) is 24.4 Å². The molecule has 3 rings (SSSR count). The third kappa shape index (κ3) is 3.99. The highest BCUT2D eigenvalue weighted by Crippen LogP contribution is 2.33. The van der Waals surface area contributed by atoms with Crippen LogP contribution in [0, 0.1) is 0 Å². The Bertz CT molecular complexity index is 746. The number of hydrogen-bond donors (Lipinski definition) is 1. The predicted molar refractivity (Wildman–Crippen MR) is 109 cm³/mol. The van der Waals surface area contributed by atoms with E-state index < -0.39 is 0 Å². The number of aryl methyl sites for hydroxylation is 3. The zero-order chi connectivity index (χ0) is 18.5. The quantitative estimate of drug-likeness (QED) is 0.815. The van der Waals surface area contributed by atoms with Crippen LogP contribution in [0.15, 0.2) is 42.5 Å². The molecule has 138 valence electrons. The van der Waals surface area contributed by atoms with E-state index in [0.29, 0.717) is 12.6 Å². The summed E-state index contributed by atoms with van der Waals surface area (Å²) < 4.78 is 0. The second-order valence-corrected chi connectivity index (χ2v) is 7.23. The number of para-hydroxylation sites is 1. The van der Waals surface area contributed by atoms with Crippen molar-refractivity contribution in [3.05, 3.63) is 64.7 Å². The fourth-order valence-electron chi connectivity index (χ4n) is 4.10. The first-order valence-corrected chi connectivity index (χ1v) is 9.82. The largest absolute Gasteiger partial charge is 0.324 e. The number of carbonyl (C=O) groups is 1. The first-order valence-electron chi connectivity index (χ1n) is 9.82. The van der Waals surface area contributed by atoms with Crippen molar-refractivity contribution in [2.45, 2.75) is 52.0 Å². The van der Waals surface area contributed by atoms with E-state index >= 15 is 0 Å². The highest BCUT2D eigenvalue weighted by molar-refractivity contribution is 5.93. The third-order valence-electron chi connectivity index (χ3n) is 5.53. The smallest absolute Gasteiger partial charge is 0.238 e. The Morgan fingerprint density at radius 1 is 1.08 bits per heavy atom. The average Bonchev–Trinajstić information content (AvgIpc) is 2.67. The molecule has 0 bridgehead atoms. The van der Waals surface area contributed by atoms with Crippen molar-refractivity contribution in [2.75, 3.05) is 18.9 Å². The SMILES string of the molecule is CCc1cccc(CC)c1NC(=O)CN(C)C1CCCc2ccccc21. The van der Waals surface area contributed by atoms with Gasteiger partial charge in [0.1, 0.15) is 0 Å². The number of rotatable bonds is 6. The molecule has 3 nitrogen and oxygen atoms in total. The summed E-state index contributed by atoms with van der Waals surface area (Å²) in [4.78, 5) is 15.0. The van der Waals surface area contributed by atoms with Crippen molar-refractivity contribution >= 4 is 11.6 Å². The molecule has 0 heterocycles. The van der Waals surface area contributed by atoms with Crippen molar-refractivity contribution in [1.82, 2.24) is 4.90 Å². The fraction of sp³-hybridized carbons (Fsp3) is 0.435. The molecular weight excluding hydrogens is 320 g/mol. The van der Waals surface area contributed by atoms with Crippen LogP contribution in [0.25, 0.3) is 0 Å². The van der Waals surface area contributed by atoms with Gasteiger partial charge in [0.25, 0.3) is 0 Å². The van der Waals surface area contributed by atoms with E-state index in [-0.39, 0.29) is 5.91 Å². The Hall–Kier alpha value is -2.13. The Morgan fingerprint density at radius 3 is 2.46 bits per heavy atom. The van der Waals surface area contributed by atoms with Gasteiger partial charge in [0, 0.05) is 11.7 Å². The lowest BCUT2D eigenvalue weighted by Gasteiger charge is -2.33. The second kappa shape index (κ2) is 8.50. The molecule has 0 aliphatic heterocycles. The van der Waals surface area contributed by atoms with Gasteiger partial charge in [-0.1, -0.05) is 56.3 Å². The molecule has 1 atom stereocenters. The maximum absolute atomic E-state index is 12.8. The number of benzene rings is 2. The molecule has 3 heteroatoms. The number of amides is 1. The van der Waals surface area contributed by atoms with Gasteiger partial charge >= 0.3 is 0 Å². The van der Waals surface area contributed by atoms with Crippen LogP contribution < -0.4 is 5.32 Å². The first kappa shape index (κ1) is 18.7. The topological polar surface area (TPSA) is 32.3 Å². The van der Waals surface area contributed by atoms with Crippen LogP contribution in [0.5, 0.6) is 0 Å². The van der Waals surface area contributed by atoms with Crippen LogP contribution >= 0.6 is 0 Å². The summed E-state index contributed by atoms with van der Waals surface area (Å²) in [6.45, 7) is 4.69. The van der Waals surface area contributed by atoms with Crippen LogP contribution in [0.4, 0.5) is 5.69 Å². The monoisotopic (exact) mass is 350 g/mol. The number of nitrogens with one attached hydrogen (secondary N) is 1. The van der Waals surface area contributed by atoms with Crippen LogP contribution in [0.2, 0.25) is 0 Å². The summed E-state index contributed by atoms with van der Waals surface area (Å²) in [5.41, 5.74) is 6.25. The highest BCUT2D eigenvalue weighted by Gasteiger charge is 2.24. The van der Waals surface area contributed by atoms with E-state index in [4.69, 9.17) is 0 Å². The zero-order valence-electron chi connectivity index (χ0n) is 16.2. The molecule has 0 saturated heterocycles. The average molecular weight is 351 g/mol. The molecular formula is C23H30N2O. The summed E-state index contributed by atoms with van der Waals surface area (Å²) in [6.07, 6.45) is 5.31. The molecule has 0 fully saturated rings. The molecule has 1 N–H and O–H groups in total. The lowest BCUT2D eigenvalue weighted by atomic mass is 9.87. The van der Waals surface area contributed by atoms with Gasteiger partial charge in [-0.05, 0) is 61.4 Å². The van der Waals surface area contributed by atoms with Gasteiger partial charge in [-0.25, -0.2) is 0 Å². The van der Waals surface area contributed by atoms with Crippen molar-refractivity contribution in [2.24, 2.45) is 0 Å². The zero-order valence-corrected chi connectivity index (χ0v) is 16.2. The lowest BCUT2D eigenvalue weighted by Crippen LogP contribution is -2.35. The highest BCUT2D eigenvalue weighted by atomic mass is 16.2. The molecule has 26 heavy (non-hydrogen) atoms. The van der Waals surface area contributed by atoms with E-state index in [9.17, 15) is 4.79 Å². The number of likely N-dealkylation sites (N-methyl/N-ethyl adjacent to an activating group) is 1. The minimum atomic E-state index is 0.0751. The van der Waals surface area contributed by atoms with Crippen molar-refractivity contribution in [3.8, 4) is 0 Å². The number of nitrogens with zero attached hydrogens (tertiary/aromatic N) is 1. The van der Waals surface area contributed by atoms with Gasteiger partial charge in [0.2, 0.25) is 5.91 Å². The third-order valence-corrected chi connectivity index (χ3v) is 5.53. The summed E-state index contributed by atoms with van der Waals surface area (Å²) in [7, 11) is 2.07. The van der Waals surface area contributed by atoms with Gasteiger partial charge < -0.3 is 5.32 Å². The molecule has 1 aliphatic carbocycles.